The van der Waals surface area contributed by atoms with Gasteiger partial charge in [-0.1, -0.05) is 12.1 Å². The molecule has 1 aromatic carbocycles. The van der Waals surface area contributed by atoms with E-state index in [2.05, 4.69) is 39.4 Å². The molecule has 0 unspecified atom stereocenters. The first kappa shape index (κ1) is 22.4. The number of aryl methyl sites for hydroxylation is 1. The number of methoxy groups -OCH3 is 1. The maximum Gasteiger partial charge on any atom is 0.240 e. The number of ether oxygens (including phenoxy) is 1. The zero-order valence-electron chi connectivity index (χ0n) is 16.5. The first-order chi connectivity index (χ1) is 13.4. The van der Waals surface area contributed by atoms with Crippen LogP contribution in [-0.2, 0) is 27.8 Å². The molecule has 9 heteroatoms. The SMILES string of the molecule is CCNC(=NCc1ccc(S(=O)(=O)NCCOC)cc1)NCc1ccc(C)s1. The minimum Gasteiger partial charge on any atom is -0.383 e. The average molecular weight is 425 g/mol. The molecule has 0 aliphatic rings. The lowest BCUT2D eigenvalue weighted by molar-refractivity contribution is 0.204. The second kappa shape index (κ2) is 11.2. The van der Waals surface area contributed by atoms with E-state index in [0.29, 0.717) is 19.7 Å². The van der Waals surface area contributed by atoms with Gasteiger partial charge in [0.05, 0.1) is 24.6 Å². The van der Waals surface area contributed by atoms with Crippen molar-refractivity contribution < 1.29 is 13.2 Å². The maximum atomic E-state index is 12.2. The Morgan fingerprint density at radius 1 is 1.14 bits per heavy atom. The molecule has 1 aromatic heterocycles. The summed E-state index contributed by atoms with van der Waals surface area (Å²) in [6, 6.07) is 11.0. The van der Waals surface area contributed by atoms with Gasteiger partial charge in [0.2, 0.25) is 10.0 Å². The fourth-order valence-corrected chi connectivity index (χ4v) is 4.24. The lowest BCUT2D eigenvalue weighted by atomic mass is 10.2. The number of benzene rings is 1. The first-order valence-corrected chi connectivity index (χ1v) is 11.4. The highest BCUT2D eigenvalue weighted by Gasteiger charge is 2.12. The van der Waals surface area contributed by atoms with Gasteiger partial charge in [-0.3, -0.25) is 0 Å². The molecule has 3 N–H and O–H groups in total. The fourth-order valence-electron chi connectivity index (χ4n) is 2.40. The van der Waals surface area contributed by atoms with E-state index in [1.54, 1.807) is 35.6 Å². The van der Waals surface area contributed by atoms with E-state index >= 15 is 0 Å². The summed E-state index contributed by atoms with van der Waals surface area (Å²) in [6.45, 7) is 6.61. The number of thiophene rings is 1. The number of nitrogens with zero attached hydrogens (tertiary/aromatic N) is 1. The molecule has 28 heavy (non-hydrogen) atoms. The molecule has 0 amide bonds. The third kappa shape index (κ3) is 7.23. The molecule has 7 nitrogen and oxygen atoms in total. The standard InChI is InChI=1S/C19H28N4O3S2/c1-4-20-19(22-14-17-8-5-15(2)27-17)21-13-16-6-9-18(10-7-16)28(24,25)23-11-12-26-3/h5-10,23H,4,11-14H2,1-3H3,(H2,20,21,22). The van der Waals surface area contributed by atoms with Crippen molar-refractivity contribution in [2.24, 2.45) is 4.99 Å². The van der Waals surface area contributed by atoms with Gasteiger partial charge in [0, 0.05) is 30.0 Å². The van der Waals surface area contributed by atoms with E-state index in [-0.39, 0.29) is 11.4 Å². The average Bonchev–Trinajstić information content (AvgIpc) is 3.10. The van der Waals surface area contributed by atoms with E-state index in [9.17, 15) is 8.42 Å². The van der Waals surface area contributed by atoms with Crippen LogP contribution >= 0.6 is 11.3 Å². The number of sulfonamides is 1. The van der Waals surface area contributed by atoms with Crippen LogP contribution in [0.1, 0.15) is 22.2 Å². The predicted molar refractivity (Wildman–Crippen MR) is 114 cm³/mol. The Kier molecular flexibility index (Phi) is 8.91. The summed E-state index contributed by atoms with van der Waals surface area (Å²) in [5.74, 6) is 0.728. The minimum atomic E-state index is -3.52. The zero-order valence-corrected chi connectivity index (χ0v) is 18.1. The lowest BCUT2D eigenvalue weighted by Gasteiger charge is -2.11. The molecule has 1 heterocycles. The summed E-state index contributed by atoms with van der Waals surface area (Å²) in [7, 11) is -1.99. The molecule has 0 atom stereocenters. The van der Waals surface area contributed by atoms with Crippen molar-refractivity contribution in [2.45, 2.75) is 31.8 Å². The van der Waals surface area contributed by atoms with Gasteiger partial charge < -0.3 is 15.4 Å². The zero-order chi connectivity index (χ0) is 20.4. The highest BCUT2D eigenvalue weighted by Crippen LogP contribution is 2.14. The van der Waals surface area contributed by atoms with Crippen molar-refractivity contribution in [3.05, 3.63) is 51.7 Å². The molecule has 2 rings (SSSR count). The third-order valence-corrected chi connectivity index (χ3v) is 6.30. The number of nitrogens with one attached hydrogen (secondary N) is 3. The summed E-state index contributed by atoms with van der Waals surface area (Å²) in [6.07, 6.45) is 0. The lowest BCUT2D eigenvalue weighted by Crippen LogP contribution is -2.36. The Labute approximate surface area is 171 Å². The fraction of sp³-hybridized carbons (Fsp3) is 0.421. The van der Waals surface area contributed by atoms with Crippen molar-refractivity contribution in [1.29, 1.82) is 0 Å². The number of aliphatic imine (C=N–C) groups is 1. The Morgan fingerprint density at radius 3 is 2.50 bits per heavy atom. The third-order valence-electron chi connectivity index (χ3n) is 3.82. The molecule has 0 bridgehead atoms. The first-order valence-electron chi connectivity index (χ1n) is 9.09. The van der Waals surface area contributed by atoms with Crippen LogP contribution in [0.4, 0.5) is 0 Å². The van der Waals surface area contributed by atoms with Crippen LogP contribution in [-0.4, -0.2) is 41.2 Å². The van der Waals surface area contributed by atoms with Crippen LogP contribution in [0.3, 0.4) is 0 Å². The molecule has 0 aliphatic heterocycles. The molecular weight excluding hydrogens is 396 g/mol. The van der Waals surface area contributed by atoms with Gasteiger partial charge in [-0.2, -0.15) is 0 Å². The van der Waals surface area contributed by atoms with Crippen LogP contribution < -0.4 is 15.4 Å². The van der Waals surface area contributed by atoms with Gasteiger partial charge in [-0.05, 0) is 43.7 Å². The number of hydrogen-bond donors (Lipinski definition) is 3. The van der Waals surface area contributed by atoms with Crippen molar-refractivity contribution in [1.82, 2.24) is 15.4 Å². The van der Waals surface area contributed by atoms with E-state index in [1.807, 2.05) is 6.92 Å². The van der Waals surface area contributed by atoms with E-state index in [1.165, 1.54) is 16.9 Å². The maximum absolute atomic E-state index is 12.2. The molecule has 0 fully saturated rings. The molecule has 0 aliphatic carbocycles. The second-order valence-electron chi connectivity index (χ2n) is 6.10. The highest BCUT2D eigenvalue weighted by atomic mass is 32.2. The van der Waals surface area contributed by atoms with E-state index < -0.39 is 10.0 Å². The Balaban J connectivity index is 1.96. The molecule has 0 saturated heterocycles. The molecule has 2 aromatic rings. The van der Waals surface area contributed by atoms with Crippen LogP contribution in [0.5, 0.6) is 0 Å². The topological polar surface area (TPSA) is 91.8 Å². The van der Waals surface area contributed by atoms with Gasteiger partial charge in [-0.25, -0.2) is 18.1 Å². The Hall–Kier alpha value is -1.94. The van der Waals surface area contributed by atoms with Gasteiger partial charge in [0.15, 0.2) is 5.96 Å². The summed E-state index contributed by atoms with van der Waals surface area (Å²) >= 11 is 1.76. The molecule has 0 saturated carbocycles. The molecule has 0 radical (unpaired) electrons. The Morgan fingerprint density at radius 2 is 1.89 bits per heavy atom. The highest BCUT2D eigenvalue weighted by molar-refractivity contribution is 7.89. The summed E-state index contributed by atoms with van der Waals surface area (Å²) in [4.78, 5) is 7.34. The monoisotopic (exact) mass is 424 g/mol. The quantitative estimate of drug-likeness (QED) is 0.309. The smallest absolute Gasteiger partial charge is 0.240 e. The summed E-state index contributed by atoms with van der Waals surface area (Å²) in [5, 5.41) is 6.54. The summed E-state index contributed by atoms with van der Waals surface area (Å²) in [5.41, 5.74) is 0.931. The van der Waals surface area contributed by atoms with E-state index in [0.717, 1.165) is 18.1 Å². The molecule has 154 valence electrons. The Bertz CT molecular complexity index is 862. The van der Waals surface area contributed by atoms with Crippen molar-refractivity contribution in [2.75, 3.05) is 26.8 Å². The van der Waals surface area contributed by atoms with Crippen molar-refractivity contribution in [3.63, 3.8) is 0 Å². The molecule has 0 spiro atoms. The van der Waals surface area contributed by atoms with Gasteiger partial charge in [-0.15, -0.1) is 11.3 Å². The van der Waals surface area contributed by atoms with Crippen LogP contribution in [0, 0.1) is 6.92 Å². The van der Waals surface area contributed by atoms with Crippen LogP contribution in [0.15, 0.2) is 46.3 Å². The second-order valence-corrected chi connectivity index (χ2v) is 9.24. The van der Waals surface area contributed by atoms with E-state index in [4.69, 9.17) is 4.74 Å². The van der Waals surface area contributed by atoms with Gasteiger partial charge in [0.25, 0.3) is 0 Å². The minimum absolute atomic E-state index is 0.231. The number of guanidine groups is 1. The number of rotatable bonds is 10. The summed E-state index contributed by atoms with van der Waals surface area (Å²) < 4.78 is 31.7. The van der Waals surface area contributed by atoms with Crippen LogP contribution in [0.2, 0.25) is 0 Å². The van der Waals surface area contributed by atoms with Crippen molar-refractivity contribution >= 4 is 27.3 Å². The normalized spacial score (nSPS) is 12.2. The van der Waals surface area contributed by atoms with Crippen LogP contribution in [0.25, 0.3) is 0 Å². The van der Waals surface area contributed by atoms with Gasteiger partial charge >= 0.3 is 0 Å². The van der Waals surface area contributed by atoms with Gasteiger partial charge in [0.1, 0.15) is 0 Å². The predicted octanol–water partition coefficient (Wildman–Crippen LogP) is 2.24. The van der Waals surface area contributed by atoms with Crippen molar-refractivity contribution in [3.8, 4) is 0 Å². The largest absolute Gasteiger partial charge is 0.383 e. The number of hydrogen-bond acceptors (Lipinski definition) is 5. The molecular formula is C19H28N4O3S2.